The molecule has 1 aromatic carbocycles. The topological polar surface area (TPSA) is 103 Å². The van der Waals surface area contributed by atoms with Gasteiger partial charge in [-0.1, -0.05) is 18.6 Å². The van der Waals surface area contributed by atoms with E-state index in [1.165, 1.54) is 10.9 Å². The Kier molecular flexibility index (Phi) is 5.29. The van der Waals surface area contributed by atoms with Gasteiger partial charge in [-0.05, 0) is 37.4 Å². The number of hydrogen-bond acceptors (Lipinski definition) is 5. The van der Waals surface area contributed by atoms with E-state index in [1.807, 2.05) is 18.2 Å². The summed E-state index contributed by atoms with van der Waals surface area (Å²) in [7, 11) is 0. The van der Waals surface area contributed by atoms with Crippen LogP contribution in [0.3, 0.4) is 0 Å². The number of fused-ring (bicyclic) bond motifs is 3. The predicted octanol–water partition coefficient (Wildman–Crippen LogP) is 1.81. The van der Waals surface area contributed by atoms with Gasteiger partial charge in [0.2, 0.25) is 11.5 Å². The molecule has 0 bridgehead atoms. The molecule has 0 spiro atoms. The van der Waals surface area contributed by atoms with Crippen molar-refractivity contribution in [2.45, 2.75) is 31.8 Å². The van der Waals surface area contributed by atoms with Gasteiger partial charge in [-0.3, -0.25) is 14.2 Å². The SMILES string of the molecule is Cl.NCC1CCCC1NC(=O)Cn1cnc2c(oc3ccccc32)c1=O. The average Bonchev–Trinajstić information content (AvgIpc) is 3.21. The third-order valence-corrected chi connectivity index (χ3v) is 4.97. The number of halogens is 1. The number of carbonyl (C=O) groups excluding carboxylic acids is 1. The predicted molar refractivity (Wildman–Crippen MR) is 101 cm³/mol. The van der Waals surface area contributed by atoms with Crippen molar-refractivity contribution < 1.29 is 9.21 Å². The van der Waals surface area contributed by atoms with Gasteiger partial charge in [-0.15, -0.1) is 12.4 Å². The lowest BCUT2D eigenvalue weighted by Gasteiger charge is -2.19. The molecule has 8 heteroatoms. The van der Waals surface area contributed by atoms with Crippen molar-refractivity contribution in [2.75, 3.05) is 6.54 Å². The Labute approximate surface area is 156 Å². The van der Waals surface area contributed by atoms with Crippen LogP contribution in [-0.2, 0) is 11.3 Å². The summed E-state index contributed by atoms with van der Waals surface area (Å²) in [6.45, 7) is 0.490. The number of aromatic nitrogens is 2. The van der Waals surface area contributed by atoms with Crippen LogP contribution in [0.25, 0.3) is 22.1 Å². The maximum Gasteiger partial charge on any atom is 0.297 e. The largest absolute Gasteiger partial charge is 0.448 e. The highest BCUT2D eigenvalue weighted by molar-refractivity contribution is 6.01. The fourth-order valence-electron chi connectivity index (χ4n) is 3.64. The van der Waals surface area contributed by atoms with Crippen molar-refractivity contribution in [3.8, 4) is 0 Å². The number of benzene rings is 1. The van der Waals surface area contributed by atoms with Crippen LogP contribution in [0, 0.1) is 5.92 Å². The molecule has 0 radical (unpaired) electrons. The molecule has 2 unspecified atom stereocenters. The molecule has 2 atom stereocenters. The molecule has 0 saturated heterocycles. The summed E-state index contributed by atoms with van der Waals surface area (Å²) in [6.07, 6.45) is 4.44. The van der Waals surface area contributed by atoms with Crippen molar-refractivity contribution in [2.24, 2.45) is 11.7 Å². The maximum absolute atomic E-state index is 12.6. The van der Waals surface area contributed by atoms with Gasteiger partial charge in [0.25, 0.3) is 5.56 Å². The molecule has 2 aromatic heterocycles. The van der Waals surface area contributed by atoms with E-state index in [-0.39, 0.29) is 42.0 Å². The van der Waals surface area contributed by atoms with E-state index in [1.54, 1.807) is 6.07 Å². The second-order valence-electron chi connectivity index (χ2n) is 6.55. The van der Waals surface area contributed by atoms with E-state index in [2.05, 4.69) is 10.3 Å². The number of furan rings is 1. The first kappa shape index (κ1) is 18.4. The van der Waals surface area contributed by atoms with Crippen LogP contribution in [0.2, 0.25) is 0 Å². The van der Waals surface area contributed by atoms with Crippen LogP contribution < -0.4 is 16.6 Å². The summed E-state index contributed by atoms with van der Waals surface area (Å²) >= 11 is 0. The molecular weight excluding hydrogens is 356 g/mol. The summed E-state index contributed by atoms with van der Waals surface area (Å²) in [5.74, 6) is 0.112. The smallest absolute Gasteiger partial charge is 0.297 e. The number of nitrogens with zero attached hydrogens (tertiary/aromatic N) is 2. The van der Waals surface area contributed by atoms with Crippen molar-refractivity contribution in [3.05, 3.63) is 40.9 Å². The van der Waals surface area contributed by atoms with Gasteiger partial charge < -0.3 is 15.5 Å². The first-order valence-corrected chi connectivity index (χ1v) is 8.53. The molecule has 138 valence electrons. The number of nitrogens with two attached hydrogens (primary N) is 1. The van der Waals surface area contributed by atoms with Crippen LogP contribution in [0.4, 0.5) is 0 Å². The van der Waals surface area contributed by atoms with Crippen LogP contribution in [0.15, 0.2) is 39.8 Å². The molecule has 2 heterocycles. The number of rotatable bonds is 4. The van der Waals surface area contributed by atoms with Gasteiger partial charge >= 0.3 is 0 Å². The van der Waals surface area contributed by atoms with E-state index in [0.29, 0.717) is 23.6 Å². The zero-order valence-electron chi connectivity index (χ0n) is 14.2. The maximum atomic E-state index is 12.6. The Hall–Kier alpha value is -2.38. The van der Waals surface area contributed by atoms with Gasteiger partial charge in [0.05, 0.1) is 6.33 Å². The Balaban J connectivity index is 0.00000196. The third kappa shape index (κ3) is 3.20. The van der Waals surface area contributed by atoms with E-state index >= 15 is 0 Å². The Morgan fingerprint density at radius 1 is 1.35 bits per heavy atom. The van der Waals surface area contributed by atoms with E-state index < -0.39 is 0 Å². The normalized spacial score (nSPS) is 19.6. The molecule has 1 aliphatic rings. The highest BCUT2D eigenvalue weighted by atomic mass is 35.5. The summed E-state index contributed by atoms with van der Waals surface area (Å²) in [5.41, 5.74) is 6.71. The molecule has 1 saturated carbocycles. The number of amides is 1. The molecule has 26 heavy (non-hydrogen) atoms. The summed E-state index contributed by atoms with van der Waals surface area (Å²) in [4.78, 5) is 29.3. The molecular formula is C18H21ClN4O3. The number of hydrogen-bond donors (Lipinski definition) is 2. The lowest BCUT2D eigenvalue weighted by atomic mass is 10.0. The monoisotopic (exact) mass is 376 g/mol. The van der Waals surface area contributed by atoms with Gasteiger partial charge in [0, 0.05) is 11.4 Å². The third-order valence-electron chi connectivity index (χ3n) is 4.97. The molecule has 4 rings (SSSR count). The van der Waals surface area contributed by atoms with Crippen LogP contribution in [0.5, 0.6) is 0 Å². The molecule has 3 N–H and O–H groups in total. The lowest BCUT2D eigenvalue weighted by Crippen LogP contribution is -2.42. The standard InChI is InChI=1S/C18H20N4O3.ClH/c19-8-11-4-3-6-13(11)21-15(23)9-22-10-20-16-12-5-1-2-7-14(12)25-17(16)18(22)24;/h1-2,5,7,10-11,13H,3-4,6,8-9,19H2,(H,21,23);1H. The number of para-hydroxylation sites is 1. The average molecular weight is 377 g/mol. The Bertz CT molecular complexity index is 997. The minimum absolute atomic E-state index is 0. The Morgan fingerprint density at radius 3 is 2.96 bits per heavy atom. The fourth-order valence-corrected chi connectivity index (χ4v) is 3.64. The molecule has 1 amide bonds. The zero-order chi connectivity index (χ0) is 17.4. The van der Waals surface area contributed by atoms with Crippen LogP contribution in [0.1, 0.15) is 19.3 Å². The second-order valence-corrected chi connectivity index (χ2v) is 6.55. The van der Waals surface area contributed by atoms with E-state index in [4.69, 9.17) is 10.2 Å². The van der Waals surface area contributed by atoms with Gasteiger partial charge in [0.15, 0.2) is 0 Å². The highest BCUT2D eigenvalue weighted by Crippen LogP contribution is 2.25. The van der Waals surface area contributed by atoms with Crippen LogP contribution in [-0.4, -0.2) is 28.0 Å². The lowest BCUT2D eigenvalue weighted by molar-refractivity contribution is -0.122. The second kappa shape index (κ2) is 7.47. The minimum Gasteiger partial charge on any atom is -0.448 e. The Morgan fingerprint density at radius 2 is 2.15 bits per heavy atom. The number of nitrogens with one attached hydrogen (secondary N) is 1. The van der Waals surface area contributed by atoms with Crippen molar-refractivity contribution in [3.63, 3.8) is 0 Å². The quantitative estimate of drug-likeness (QED) is 0.722. The van der Waals surface area contributed by atoms with Crippen LogP contribution >= 0.6 is 12.4 Å². The highest BCUT2D eigenvalue weighted by Gasteiger charge is 2.27. The first-order chi connectivity index (χ1) is 12.2. The summed E-state index contributed by atoms with van der Waals surface area (Å²) in [6, 6.07) is 7.45. The zero-order valence-corrected chi connectivity index (χ0v) is 15.0. The molecule has 0 aliphatic heterocycles. The molecule has 7 nitrogen and oxygen atoms in total. The number of carbonyl (C=O) groups is 1. The van der Waals surface area contributed by atoms with Crippen molar-refractivity contribution >= 4 is 40.4 Å². The molecule has 3 aromatic rings. The van der Waals surface area contributed by atoms with Crippen molar-refractivity contribution in [1.82, 2.24) is 14.9 Å². The summed E-state index contributed by atoms with van der Waals surface area (Å²) in [5, 5.41) is 3.79. The van der Waals surface area contributed by atoms with E-state index in [9.17, 15) is 9.59 Å². The van der Waals surface area contributed by atoms with Gasteiger partial charge in [-0.25, -0.2) is 4.98 Å². The first-order valence-electron chi connectivity index (χ1n) is 8.53. The molecule has 1 aliphatic carbocycles. The fraction of sp³-hybridized carbons (Fsp3) is 0.389. The van der Waals surface area contributed by atoms with Gasteiger partial charge in [-0.2, -0.15) is 0 Å². The molecule has 1 fully saturated rings. The van der Waals surface area contributed by atoms with E-state index in [0.717, 1.165) is 24.6 Å². The minimum atomic E-state index is -0.349. The van der Waals surface area contributed by atoms with Crippen molar-refractivity contribution in [1.29, 1.82) is 0 Å². The van der Waals surface area contributed by atoms with Gasteiger partial charge in [0.1, 0.15) is 17.6 Å². The summed E-state index contributed by atoms with van der Waals surface area (Å²) < 4.78 is 6.91.